The fourth-order valence-electron chi connectivity index (χ4n) is 2.35. The van der Waals surface area contributed by atoms with Crippen LogP contribution < -0.4 is 5.32 Å². The second-order valence-corrected chi connectivity index (χ2v) is 7.04. The molecule has 0 aliphatic carbocycles. The van der Waals surface area contributed by atoms with E-state index in [1.165, 1.54) is 18.6 Å². The lowest BCUT2D eigenvalue weighted by Crippen LogP contribution is -2.34. The Hall–Kier alpha value is -1.07. The van der Waals surface area contributed by atoms with Crippen LogP contribution in [0, 0.1) is 10.1 Å². The maximum atomic E-state index is 10.6. The fraction of sp³-hybridized carbons (Fsp3) is 0.571. The van der Waals surface area contributed by atoms with Gasteiger partial charge in [0.2, 0.25) is 0 Å². The minimum absolute atomic E-state index is 0.147. The van der Waals surface area contributed by atoms with Gasteiger partial charge < -0.3 is 5.32 Å². The molecule has 1 aromatic rings. The number of benzene rings is 1. The molecular weight excluding hydrogens is 260 g/mol. The zero-order valence-corrected chi connectivity index (χ0v) is 12.2. The Bertz CT molecular complexity index is 441. The van der Waals surface area contributed by atoms with E-state index in [0.29, 0.717) is 4.75 Å². The first-order chi connectivity index (χ1) is 9.00. The Labute approximate surface area is 118 Å². The van der Waals surface area contributed by atoms with Gasteiger partial charge in [0.25, 0.3) is 5.69 Å². The van der Waals surface area contributed by atoms with Crippen LogP contribution in [0.15, 0.2) is 24.3 Å². The number of nitro benzene ring substituents is 1. The number of non-ortho nitro benzene ring substituents is 1. The third-order valence-corrected chi connectivity index (χ3v) is 5.22. The largest absolute Gasteiger partial charge is 0.309 e. The predicted octanol–water partition coefficient (Wildman–Crippen LogP) is 3.53. The van der Waals surface area contributed by atoms with E-state index in [1.807, 2.05) is 23.9 Å². The Kier molecular flexibility index (Phi) is 4.47. The second-order valence-electron chi connectivity index (χ2n) is 5.35. The van der Waals surface area contributed by atoms with Crippen molar-refractivity contribution in [3.8, 4) is 0 Å². The molecule has 2 unspecified atom stereocenters. The van der Waals surface area contributed by atoms with E-state index in [9.17, 15) is 10.1 Å². The molecule has 1 saturated heterocycles. The lowest BCUT2D eigenvalue weighted by Gasteiger charge is -2.25. The first kappa shape index (κ1) is 14.3. The molecule has 1 aromatic carbocycles. The lowest BCUT2D eigenvalue weighted by atomic mass is 10.0. The topological polar surface area (TPSA) is 55.2 Å². The van der Waals surface area contributed by atoms with Gasteiger partial charge in [0.15, 0.2) is 0 Å². The summed E-state index contributed by atoms with van der Waals surface area (Å²) in [6.07, 6.45) is 2.56. The van der Waals surface area contributed by atoms with Gasteiger partial charge in [-0.3, -0.25) is 10.1 Å². The lowest BCUT2D eigenvalue weighted by molar-refractivity contribution is -0.384. The summed E-state index contributed by atoms with van der Waals surface area (Å²) in [5, 5.41) is 14.2. The molecular formula is C14H20N2O2S. The summed E-state index contributed by atoms with van der Waals surface area (Å²) in [6.45, 7) is 5.39. The Balaban J connectivity index is 1.92. The molecule has 5 heteroatoms. The number of nitrogens with one attached hydrogen (secondary N) is 1. The first-order valence-electron chi connectivity index (χ1n) is 6.62. The smallest absolute Gasteiger partial charge is 0.269 e. The van der Waals surface area contributed by atoms with Crippen molar-refractivity contribution < 1.29 is 4.92 Å². The Morgan fingerprint density at radius 2 is 2.16 bits per heavy atom. The molecule has 0 saturated carbocycles. The maximum Gasteiger partial charge on any atom is 0.269 e. The fourth-order valence-corrected chi connectivity index (χ4v) is 3.60. The first-order valence-corrected chi connectivity index (χ1v) is 7.60. The number of thioether (sulfide) groups is 1. The van der Waals surface area contributed by atoms with Crippen molar-refractivity contribution in [3.05, 3.63) is 39.9 Å². The second kappa shape index (κ2) is 5.92. The number of hydrogen-bond acceptors (Lipinski definition) is 4. The van der Waals surface area contributed by atoms with Crippen molar-refractivity contribution in [1.29, 1.82) is 0 Å². The summed E-state index contributed by atoms with van der Waals surface area (Å²) in [5.74, 6) is 1.25. The van der Waals surface area contributed by atoms with Crippen LogP contribution in [0.4, 0.5) is 5.69 Å². The summed E-state index contributed by atoms with van der Waals surface area (Å²) in [7, 11) is 0. The van der Waals surface area contributed by atoms with Crippen molar-refractivity contribution in [1.82, 2.24) is 5.32 Å². The average molecular weight is 280 g/mol. The van der Waals surface area contributed by atoms with Crippen LogP contribution in [0.5, 0.6) is 0 Å². The monoisotopic (exact) mass is 280 g/mol. The summed E-state index contributed by atoms with van der Waals surface area (Å²) >= 11 is 2.04. The van der Waals surface area contributed by atoms with Crippen LogP contribution in [0.25, 0.3) is 0 Å². The van der Waals surface area contributed by atoms with Crippen LogP contribution >= 0.6 is 11.8 Å². The number of nitrogens with zero attached hydrogens (tertiary/aromatic N) is 1. The summed E-state index contributed by atoms with van der Waals surface area (Å²) in [4.78, 5) is 10.2. The molecule has 104 valence electrons. The van der Waals surface area contributed by atoms with Gasteiger partial charge in [0.05, 0.1) is 4.92 Å². The predicted molar refractivity (Wildman–Crippen MR) is 79.6 cm³/mol. The molecule has 2 atom stereocenters. The van der Waals surface area contributed by atoms with Crippen molar-refractivity contribution in [2.75, 3.05) is 12.3 Å². The normalized spacial score (nSPS) is 24.3. The third kappa shape index (κ3) is 3.70. The van der Waals surface area contributed by atoms with Gasteiger partial charge in [0.1, 0.15) is 0 Å². The molecule has 19 heavy (non-hydrogen) atoms. The van der Waals surface area contributed by atoms with E-state index in [4.69, 9.17) is 0 Å². The minimum atomic E-state index is -0.363. The van der Waals surface area contributed by atoms with Crippen molar-refractivity contribution in [3.63, 3.8) is 0 Å². The van der Waals surface area contributed by atoms with E-state index in [0.717, 1.165) is 12.1 Å². The standard InChI is InChI=1S/C14H20N2O2S/c1-11(15-10-14(2)8-3-9-19-14)12-4-6-13(7-5-12)16(17)18/h4-7,11,15H,3,8-10H2,1-2H3. The molecule has 1 N–H and O–H groups in total. The van der Waals surface area contributed by atoms with Crippen molar-refractivity contribution in [2.24, 2.45) is 0 Å². The van der Waals surface area contributed by atoms with E-state index in [-0.39, 0.29) is 16.7 Å². The number of nitro groups is 1. The average Bonchev–Trinajstić information content (AvgIpc) is 2.83. The van der Waals surface area contributed by atoms with Gasteiger partial charge in [-0.25, -0.2) is 0 Å². The molecule has 0 amide bonds. The van der Waals surface area contributed by atoms with Crippen LogP contribution in [-0.4, -0.2) is 22.0 Å². The van der Waals surface area contributed by atoms with Crippen LogP contribution in [0.1, 0.15) is 38.3 Å². The van der Waals surface area contributed by atoms with Crippen LogP contribution in [-0.2, 0) is 0 Å². The molecule has 1 heterocycles. The van der Waals surface area contributed by atoms with Crippen LogP contribution in [0.3, 0.4) is 0 Å². The molecule has 0 bridgehead atoms. The zero-order valence-electron chi connectivity index (χ0n) is 11.4. The van der Waals surface area contributed by atoms with E-state index < -0.39 is 0 Å². The van der Waals surface area contributed by atoms with Gasteiger partial charge >= 0.3 is 0 Å². The van der Waals surface area contributed by atoms with Gasteiger partial charge in [-0.2, -0.15) is 11.8 Å². The van der Waals surface area contributed by atoms with Gasteiger partial charge in [-0.15, -0.1) is 0 Å². The number of hydrogen-bond donors (Lipinski definition) is 1. The van der Waals surface area contributed by atoms with Gasteiger partial charge in [-0.1, -0.05) is 12.1 Å². The minimum Gasteiger partial charge on any atom is -0.309 e. The highest BCUT2D eigenvalue weighted by Crippen LogP contribution is 2.37. The molecule has 0 radical (unpaired) electrons. The van der Waals surface area contributed by atoms with E-state index in [2.05, 4.69) is 19.2 Å². The molecule has 2 rings (SSSR count). The zero-order chi connectivity index (χ0) is 13.9. The maximum absolute atomic E-state index is 10.6. The van der Waals surface area contributed by atoms with Crippen LogP contribution in [0.2, 0.25) is 0 Å². The SMILES string of the molecule is CC(NCC1(C)CCCS1)c1ccc([N+](=O)[O-])cc1. The highest BCUT2D eigenvalue weighted by molar-refractivity contribution is 8.00. The molecule has 1 aliphatic heterocycles. The number of rotatable bonds is 5. The Morgan fingerprint density at radius 3 is 2.68 bits per heavy atom. The molecule has 1 aliphatic rings. The van der Waals surface area contributed by atoms with Gasteiger partial charge in [-0.05, 0) is 38.0 Å². The highest BCUT2D eigenvalue weighted by atomic mass is 32.2. The molecule has 4 nitrogen and oxygen atoms in total. The molecule has 1 fully saturated rings. The van der Waals surface area contributed by atoms with Gasteiger partial charge in [0, 0.05) is 29.5 Å². The third-order valence-electron chi connectivity index (χ3n) is 3.69. The van der Waals surface area contributed by atoms with E-state index >= 15 is 0 Å². The van der Waals surface area contributed by atoms with Crippen molar-refractivity contribution in [2.45, 2.75) is 37.5 Å². The summed E-state index contributed by atoms with van der Waals surface area (Å²) in [6, 6.07) is 7.03. The highest BCUT2D eigenvalue weighted by Gasteiger charge is 2.29. The quantitative estimate of drug-likeness (QED) is 0.662. The Morgan fingerprint density at radius 1 is 1.47 bits per heavy atom. The molecule has 0 aromatic heterocycles. The summed E-state index contributed by atoms with van der Waals surface area (Å²) < 4.78 is 0.342. The van der Waals surface area contributed by atoms with Crippen molar-refractivity contribution >= 4 is 17.4 Å². The molecule has 0 spiro atoms. The summed E-state index contributed by atoms with van der Waals surface area (Å²) in [5.41, 5.74) is 1.24. The van der Waals surface area contributed by atoms with E-state index in [1.54, 1.807) is 12.1 Å².